The van der Waals surface area contributed by atoms with Gasteiger partial charge in [0, 0.05) is 12.1 Å². The van der Waals surface area contributed by atoms with E-state index in [0.29, 0.717) is 11.1 Å². The van der Waals surface area contributed by atoms with Gasteiger partial charge in [0.05, 0.1) is 6.10 Å². The number of amides is 1. The van der Waals surface area contributed by atoms with E-state index < -0.39 is 6.10 Å². The molecule has 0 spiro atoms. The first kappa shape index (κ1) is 13.1. The fourth-order valence-corrected chi connectivity index (χ4v) is 1.70. The molecule has 0 saturated carbocycles. The van der Waals surface area contributed by atoms with Gasteiger partial charge in [-0.2, -0.15) is 0 Å². The highest BCUT2D eigenvalue weighted by atomic mass is 16.3. The van der Waals surface area contributed by atoms with E-state index in [1.807, 2.05) is 6.07 Å². The molecular formula is C15H15NO3. The van der Waals surface area contributed by atoms with E-state index in [9.17, 15) is 9.90 Å². The van der Waals surface area contributed by atoms with E-state index in [1.165, 1.54) is 12.1 Å². The van der Waals surface area contributed by atoms with Crippen molar-refractivity contribution in [2.24, 2.45) is 0 Å². The Bertz CT molecular complexity index is 537. The highest BCUT2D eigenvalue weighted by Crippen LogP contribution is 2.16. The molecule has 0 heterocycles. The Morgan fingerprint density at radius 3 is 2.32 bits per heavy atom. The van der Waals surface area contributed by atoms with Crippen molar-refractivity contribution in [3.05, 3.63) is 65.7 Å². The third-order valence-electron chi connectivity index (χ3n) is 2.77. The molecule has 0 radical (unpaired) electrons. The molecular weight excluding hydrogens is 242 g/mol. The van der Waals surface area contributed by atoms with E-state index in [4.69, 9.17) is 5.11 Å². The average molecular weight is 257 g/mol. The number of rotatable bonds is 4. The van der Waals surface area contributed by atoms with Crippen LogP contribution in [0.1, 0.15) is 22.0 Å². The van der Waals surface area contributed by atoms with Gasteiger partial charge in [-0.25, -0.2) is 0 Å². The van der Waals surface area contributed by atoms with Crippen LogP contribution in [0.25, 0.3) is 0 Å². The summed E-state index contributed by atoms with van der Waals surface area (Å²) in [7, 11) is 0. The number of hydrogen-bond acceptors (Lipinski definition) is 3. The lowest BCUT2D eigenvalue weighted by atomic mass is 10.1. The van der Waals surface area contributed by atoms with E-state index in [-0.39, 0.29) is 18.2 Å². The quantitative estimate of drug-likeness (QED) is 0.783. The molecule has 1 unspecified atom stereocenters. The van der Waals surface area contributed by atoms with Gasteiger partial charge in [0.2, 0.25) is 0 Å². The average Bonchev–Trinajstić information content (AvgIpc) is 2.46. The van der Waals surface area contributed by atoms with Crippen LogP contribution in [-0.4, -0.2) is 22.7 Å². The third-order valence-corrected chi connectivity index (χ3v) is 2.77. The normalized spacial score (nSPS) is 11.8. The number of nitrogens with one attached hydrogen (secondary N) is 1. The summed E-state index contributed by atoms with van der Waals surface area (Å²) in [6.07, 6.45) is -0.798. The zero-order valence-electron chi connectivity index (χ0n) is 10.3. The minimum Gasteiger partial charge on any atom is -0.508 e. The van der Waals surface area contributed by atoms with Crippen molar-refractivity contribution in [2.75, 3.05) is 6.54 Å². The van der Waals surface area contributed by atoms with Crippen molar-refractivity contribution in [1.82, 2.24) is 5.32 Å². The molecule has 0 aromatic heterocycles. The molecule has 98 valence electrons. The maximum absolute atomic E-state index is 11.8. The molecule has 0 aliphatic carbocycles. The van der Waals surface area contributed by atoms with Crippen LogP contribution < -0.4 is 5.32 Å². The molecule has 0 aliphatic rings. The van der Waals surface area contributed by atoms with Gasteiger partial charge >= 0.3 is 0 Å². The Morgan fingerprint density at radius 2 is 1.68 bits per heavy atom. The summed E-state index contributed by atoms with van der Waals surface area (Å²) >= 11 is 0. The number of carbonyl (C=O) groups excluding carboxylic acids is 1. The van der Waals surface area contributed by atoms with Gasteiger partial charge < -0.3 is 15.5 Å². The number of carbonyl (C=O) groups is 1. The lowest BCUT2D eigenvalue weighted by Gasteiger charge is -2.12. The minimum atomic E-state index is -0.798. The second-order valence-electron chi connectivity index (χ2n) is 4.18. The summed E-state index contributed by atoms with van der Waals surface area (Å²) < 4.78 is 0. The molecule has 2 rings (SSSR count). The van der Waals surface area contributed by atoms with E-state index in [2.05, 4.69) is 5.32 Å². The summed E-state index contributed by atoms with van der Waals surface area (Å²) in [5.41, 5.74) is 1.20. The topological polar surface area (TPSA) is 69.6 Å². The highest BCUT2D eigenvalue weighted by molar-refractivity contribution is 5.94. The predicted molar refractivity (Wildman–Crippen MR) is 71.8 cm³/mol. The summed E-state index contributed by atoms with van der Waals surface area (Å²) in [4.78, 5) is 11.8. The van der Waals surface area contributed by atoms with Gasteiger partial charge in [-0.1, -0.05) is 30.3 Å². The second kappa shape index (κ2) is 6.02. The number of aliphatic hydroxyl groups is 1. The summed E-state index contributed by atoms with van der Waals surface area (Å²) in [5.74, 6) is -0.0808. The van der Waals surface area contributed by atoms with Crippen LogP contribution in [0.3, 0.4) is 0 Å². The van der Waals surface area contributed by atoms with Gasteiger partial charge in [0.1, 0.15) is 5.75 Å². The van der Waals surface area contributed by atoms with Gasteiger partial charge in [-0.05, 0) is 29.8 Å². The summed E-state index contributed by atoms with van der Waals surface area (Å²) in [6.45, 7) is 0.124. The second-order valence-corrected chi connectivity index (χ2v) is 4.18. The van der Waals surface area contributed by atoms with Crippen LogP contribution in [0.4, 0.5) is 0 Å². The lowest BCUT2D eigenvalue weighted by Crippen LogP contribution is -2.28. The van der Waals surface area contributed by atoms with Gasteiger partial charge in [-0.15, -0.1) is 0 Å². The molecule has 0 saturated heterocycles. The molecule has 4 nitrogen and oxygen atoms in total. The predicted octanol–water partition coefficient (Wildman–Crippen LogP) is 1.86. The number of benzene rings is 2. The smallest absolute Gasteiger partial charge is 0.251 e. The lowest BCUT2D eigenvalue weighted by molar-refractivity contribution is 0.0916. The van der Waals surface area contributed by atoms with Crippen molar-refractivity contribution in [3.63, 3.8) is 0 Å². The molecule has 2 aromatic rings. The first-order valence-electron chi connectivity index (χ1n) is 5.97. The molecule has 4 heteroatoms. The number of hydrogen-bond donors (Lipinski definition) is 3. The zero-order valence-corrected chi connectivity index (χ0v) is 10.3. The van der Waals surface area contributed by atoms with Crippen LogP contribution in [0.15, 0.2) is 54.6 Å². The van der Waals surface area contributed by atoms with Crippen LogP contribution >= 0.6 is 0 Å². The van der Waals surface area contributed by atoms with E-state index in [0.717, 1.165) is 0 Å². The summed E-state index contributed by atoms with van der Waals surface area (Å²) in [6, 6.07) is 15.1. The van der Waals surface area contributed by atoms with Crippen molar-refractivity contribution in [2.45, 2.75) is 6.10 Å². The molecule has 0 aliphatic heterocycles. The van der Waals surface area contributed by atoms with Gasteiger partial charge in [0.15, 0.2) is 0 Å². The van der Waals surface area contributed by atoms with Crippen LogP contribution in [0.5, 0.6) is 5.75 Å². The van der Waals surface area contributed by atoms with Gasteiger partial charge in [0.25, 0.3) is 5.91 Å². The molecule has 0 bridgehead atoms. The Balaban J connectivity index is 1.92. The van der Waals surface area contributed by atoms with Crippen LogP contribution in [0.2, 0.25) is 0 Å². The van der Waals surface area contributed by atoms with Crippen LogP contribution in [0, 0.1) is 0 Å². The standard InChI is InChI=1S/C15H15NO3/c17-13-8-6-11(7-9-13)14(18)10-16-15(19)12-4-2-1-3-5-12/h1-9,14,17-18H,10H2,(H,16,19). The van der Waals surface area contributed by atoms with E-state index in [1.54, 1.807) is 36.4 Å². The van der Waals surface area contributed by atoms with Crippen molar-refractivity contribution < 1.29 is 15.0 Å². The van der Waals surface area contributed by atoms with E-state index >= 15 is 0 Å². The van der Waals surface area contributed by atoms with Crippen molar-refractivity contribution in [3.8, 4) is 5.75 Å². The number of phenolic OH excluding ortho intramolecular Hbond substituents is 1. The Kier molecular flexibility index (Phi) is 4.15. The number of aliphatic hydroxyl groups excluding tert-OH is 1. The zero-order chi connectivity index (χ0) is 13.7. The maximum Gasteiger partial charge on any atom is 0.251 e. The third kappa shape index (κ3) is 3.56. The monoisotopic (exact) mass is 257 g/mol. The molecule has 3 N–H and O–H groups in total. The first-order chi connectivity index (χ1) is 9.16. The fourth-order valence-electron chi connectivity index (χ4n) is 1.70. The Labute approximate surface area is 111 Å². The SMILES string of the molecule is O=C(NCC(O)c1ccc(O)cc1)c1ccccc1. The Hall–Kier alpha value is -2.33. The molecule has 1 atom stereocenters. The minimum absolute atomic E-state index is 0.124. The number of phenols is 1. The molecule has 19 heavy (non-hydrogen) atoms. The van der Waals surface area contributed by atoms with Crippen molar-refractivity contribution >= 4 is 5.91 Å². The van der Waals surface area contributed by atoms with Crippen LogP contribution in [-0.2, 0) is 0 Å². The molecule has 1 amide bonds. The van der Waals surface area contributed by atoms with Crippen molar-refractivity contribution in [1.29, 1.82) is 0 Å². The largest absolute Gasteiger partial charge is 0.508 e. The highest BCUT2D eigenvalue weighted by Gasteiger charge is 2.10. The molecule has 0 fully saturated rings. The molecule has 2 aromatic carbocycles. The fraction of sp³-hybridized carbons (Fsp3) is 0.133. The Morgan fingerprint density at radius 1 is 1.05 bits per heavy atom. The maximum atomic E-state index is 11.8. The number of aromatic hydroxyl groups is 1. The van der Waals surface area contributed by atoms with Gasteiger partial charge in [-0.3, -0.25) is 4.79 Å². The first-order valence-corrected chi connectivity index (χ1v) is 5.97. The summed E-state index contributed by atoms with van der Waals surface area (Å²) in [5, 5.41) is 21.7.